The number of carbonyl (C=O) groups is 1. The molecule has 0 N–H and O–H groups in total. The van der Waals surface area contributed by atoms with E-state index in [0.717, 1.165) is 38.0 Å². The summed E-state index contributed by atoms with van der Waals surface area (Å²) in [4.78, 5) is 30.1. The Kier molecular flexibility index (Phi) is 5.35. The van der Waals surface area contributed by atoms with E-state index < -0.39 is 0 Å². The van der Waals surface area contributed by atoms with Crippen molar-refractivity contribution in [1.82, 2.24) is 9.47 Å². The van der Waals surface area contributed by atoms with Crippen LogP contribution in [0.2, 0.25) is 0 Å². The van der Waals surface area contributed by atoms with Gasteiger partial charge in [-0.15, -0.1) is 0 Å². The topological polar surface area (TPSA) is 54.8 Å². The smallest absolute Gasteiger partial charge is 0.259 e. The molecule has 1 aromatic heterocycles. The largest absolute Gasteiger partial charge is 0.496 e. The highest BCUT2D eigenvalue weighted by molar-refractivity contribution is 5.98. The molecule has 0 spiro atoms. The first-order chi connectivity index (χ1) is 14.0. The molecule has 1 saturated heterocycles. The second-order valence-corrected chi connectivity index (χ2v) is 8.05. The average Bonchev–Trinajstić information content (AvgIpc) is 2.73. The van der Waals surface area contributed by atoms with Gasteiger partial charge in [0.25, 0.3) is 11.5 Å². The van der Waals surface area contributed by atoms with Crippen molar-refractivity contribution in [3.63, 3.8) is 0 Å². The molecule has 0 bridgehead atoms. The van der Waals surface area contributed by atoms with Crippen LogP contribution in [0.4, 0.5) is 5.69 Å². The maximum absolute atomic E-state index is 13.4. The molecule has 3 heterocycles. The number of nitrogens with zero attached hydrogens (tertiary/aromatic N) is 3. The lowest BCUT2D eigenvalue weighted by Gasteiger charge is -2.37. The fourth-order valence-corrected chi connectivity index (χ4v) is 4.60. The zero-order chi connectivity index (χ0) is 20.5. The quantitative estimate of drug-likeness (QED) is 0.802. The number of amides is 1. The van der Waals surface area contributed by atoms with Gasteiger partial charge >= 0.3 is 0 Å². The minimum absolute atomic E-state index is 0.0206. The lowest BCUT2D eigenvalue weighted by Crippen LogP contribution is -2.49. The highest BCUT2D eigenvalue weighted by atomic mass is 16.5. The molecule has 0 unspecified atom stereocenters. The minimum atomic E-state index is -0.0761. The van der Waals surface area contributed by atoms with Crippen molar-refractivity contribution in [1.29, 1.82) is 0 Å². The van der Waals surface area contributed by atoms with Gasteiger partial charge in [0.1, 0.15) is 11.3 Å². The second kappa shape index (κ2) is 7.93. The summed E-state index contributed by atoms with van der Waals surface area (Å²) in [5, 5.41) is 0. The molecule has 6 nitrogen and oxygen atoms in total. The van der Waals surface area contributed by atoms with E-state index in [-0.39, 0.29) is 11.5 Å². The van der Waals surface area contributed by atoms with Gasteiger partial charge in [0.15, 0.2) is 0 Å². The Labute approximate surface area is 171 Å². The summed E-state index contributed by atoms with van der Waals surface area (Å²) in [6, 6.07) is 7.98. The first-order valence-corrected chi connectivity index (χ1v) is 10.4. The number of aryl methyl sites for hydroxylation is 2. The number of hydrogen-bond donors (Lipinski definition) is 0. The van der Waals surface area contributed by atoms with Crippen molar-refractivity contribution in [3.05, 3.63) is 57.0 Å². The van der Waals surface area contributed by atoms with Crippen molar-refractivity contribution in [3.8, 4) is 5.75 Å². The number of benzene rings is 1. The van der Waals surface area contributed by atoms with E-state index in [0.29, 0.717) is 30.9 Å². The summed E-state index contributed by atoms with van der Waals surface area (Å²) < 4.78 is 7.21. The molecule has 29 heavy (non-hydrogen) atoms. The molecule has 6 heteroatoms. The van der Waals surface area contributed by atoms with Gasteiger partial charge in [0.05, 0.1) is 7.11 Å². The van der Waals surface area contributed by atoms with Gasteiger partial charge in [-0.1, -0.05) is 17.7 Å². The van der Waals surface area contributed by atoms with Gasteiger partial charge in [-0.05, 0) is 44.7 Å². The maximum atomic E-state index is 13.4. The lowest BCUT2D eigenvalue weighted by molar-refractivity contribution is 0.0740. The standard InChI is InChI=1S/C23H29N3O3/c1-16-7-8-18(17(2)14-16)24-10-12-25(13-11-24)23(28)22-19-6-4-5-9-26(19)21(27)15-20(22)29-3/h7-8,14-15H,4-6,9-13H2,1-3H3. The van der Waals surface area contributed by atoms with E-state index in [1.807, 2.05) is 4.90 Å². The third-order valence-electron chi connectivity index (χ3n) is 6.12. The van der Waals surface area contributed by atoms with Crippen molar-refractivity contribution >= 4 is 11.6 Å². The number of ether oxygens (including phenoxy) is 1. The average molecular weight is 396 g/mol. The first kappa shape index (κ1) is 19.6. The van der Waals surface area contributed by atoms with Crippen LogP contribution >= 0.6 is 0 Å². The number of pyridine rings is 1. The number of hydrogen-bond acceptors (Lipinski definition) is 4. The predicted molar refractivity (Wildman–Crippen MR) is 114 cm³/mol. The van der Waals surface area contributed by atoms with E-state index in [1.165, 1.54) is 30.0 Å². The highest BCUT2D eigenvalue weighted by Gasteiger charge is 2.29. The van der Waals surface area contributed by atoms with Crippen molar-refractivity contribution in [2.75, 3.05) is 38.2 Å². The second-order valence-electron chi connectivity index (χ2n) is 8.05. The summed E-state index contributed by atoms with van der Waals surface area (Å²) in [5.41, 5.74) is 5.10. The van der Waals surface area contributed by atoms with E-state index >= 15 is 0 Å². The monoisotopic (exact) mass is 395 g/mol. The van der Waals surface area contributed by atoms with Crippen molar-refractivity contribution < 1.29 is 9.53 Å². The molecule has 0 saturated carbocycles. The molecule has 0 aliphatic carbocycles. The van der Waals surface area contributed by atoms with Crippen LogP contribution in [0.1, 0.15) is 40.0 Å². The number of carbonyl (C=O) groups excluding carboxylic acids is 1. The molecule has 2 aromatic rings. The Morgan fingerprint density at radius 2 is 1.76 bits per heavy atom. The normalized spacial score (nSPS) is 16.5. The number of anilines is 1. The van der Waals surface area contributed by atoms with Crippen LogP contribution in [0, 0.1) is 13.8 Å². The highest BCUT2D eigenvalue weighted by Crippen LogP contribution is 2.28. The van der Waals surface area contributed by atoms with Gasteiger partial charge in [0, 0.05) is 50.2 Å². The number of methoxy groups -OCH3 is 1. The van der Waals surface area contributed by atoms with Crippen LogP contribution in [-0.4, -0.2) is 48.7 Å². The Balaban J connectivity index is 1.57. The van der Waals surface area contributed by atoms with E-state index in [4.69, 9.17) is 4.74 Å². The Morgan fingerprint density at radius 1 is 1.00 bits per heavy atom. The van der Waals surface area contributed by atoms with E-state index in [2.05, 4.69) is 36.9 Å². The fraction of sp³-hybridized carbons (Fsp3) is 0.478. The summed E-state index contributed by atoms with van der Waals surface area (Å²) >= 11 is 0. The molecule has 1 aromatic carbocycles. The van der Waals surface area contributed by atoms with Gasteiger partial charge < -0.3 is 19.1 Å². The summed E-state index contributed by atoms with van der Waals surface area (Å²) in [6.07, 6.45) is 2.71. The van der Waals surface area contributed by atoms with Gasteiger partial charge in [-0.3, -0.25) is 9.59 Å². The van der Waals surface area contributed by atoms with Crippen LogP contribution in [0.3, 0.4) is 0 Å². The molecule has 4 rings (SSSR count). The van der Waals surface area contributed by atoms with Crippen LogP contribution in [0.15, 0.2) is 29.1 Å². The predicted octanol–water partition coefficient (Wildman–Crippen LogP) is 2.77. The summed E-state index contributed by atoms with van der Waals surface area (Å²) in [5.74, 6) is 0.387. The molecule has 2 aliphatic heterocycles. The van der Waals surface area contributed by atoms with E-state index in [1.54, 1.807) is 4.57 Å². The summed E-state index contributed by atoms with van der Waals surface area (Å²) in [6.45, 7) is 7.84. The molecule has 154 valence electrons. The fourth-order valence-electron chi connectivity index (χ4n) is 4.60. The third-order valence-corrected chi connectivity index (χ3v) is 6.12. The molecular weight excluding hydrogens is 366 g/mol. The third kappa shape index (κ3) is 3.63. The first-order valence-electron chi connectivity index (χ1n) is 10.4. The summed E-state index contributed by atoms with van der Waals surface area (Å²) in [7, 11) is 1.53. The zero-order valence-corrected chi connectivity index (χ0v) is 17.5. The Hall–Kier alpha value is -2.76. The Morgan fingerprint density at radius 3 is 2.45 bits per heavy atom. The number of aromatic nitrogens is 1. The molecule has 2 aliphatic rings. The molecule has 0 radical (unpaired) electrons. The van der Waals surface area contributed by atoms with Crippen LogP contribution in [-0.2, 0) is 13.0 Å². The van der Waals surface area contributed by atoms with Gasteiger partial charge in [0.2, 0.25) is 0 Å². The lowest BCUT2D eigenvalue weighted by atomic mass is 10.0. The molecular formula is C23H29N3O3. The minimum Gasteiger partial charge on any atom is -0.496 e. The number of piperazine rings is 1. The zero-order valence-electron chi connectivity index (χ0n) is 17.5. The van der Waals surface area contributed by atoms with Crippen molar-refractivity contribution in [2.45, 2.75) is 39.7 Å². The number of rotatable bonds is 3. The number of fused-ring (bicyclic) bond motifs is 1. The van der Waals surface area contributed by atoms with Gasteiger partial charge in [-0.2, -0.15) is 0 Å². The van der Waals surface area contributed by atoms with Crippen LogP contribution < -0.4 is 15.2 Å². The van der Waals surface area contributed by atoms with Crippen molar-refractivity contribution in [2.24, 2.45) is 0 Å². The molecule has 1 fully saturated rings. The van der Waals surface area contributed by atoms with Crippen LogP contribution in [0.25, 0.3) is 0 Å². The van der Waals surface area contributed by atoms with E-state index in [9.17, 15) is 9.59 Å². The maximum Gasteiger partial charge on any atom is 0.259 e. The molecule has 0 atom stereocenters. The SMILES string of the molecule is COc1cc(=O)n2c(c1C(=O)N1CCN(c3ccc(C)cc3C)CC1)CCCC2. The molecule has 1 amide bonds. The van der Waals surface area contributed by atoms with Gasteiger partial charge in [-0.25, -0.2) is 0 Å². The van der Waals surface area contributed by atoms with Crippen LogP contribution in [0.5, 0.6) is 5.75 Å². The Bertz CT molecular complexity index is 988.